The number of aliphatic imine (C=N–C) groups is 1. The van der Waals surface area contributed by atoms with Crippen molar-refractivity contribution in [1.29, 1.82) is 0 Å². The zero-order valence-corrected chi connectivity index (χ0v) is 10.9. The van der Waals surface area contributed by atoms with E-state index in [1.165, 1.54) is 11.0 Å². The first kappa shape index (κ1) is 14.6. The molecule has 3 nitrogen and oxygen atoms in total. The molecule has 0 saturated carbocycles. The molecule has 0 N–H and O–H groups in total. The van der Waals surface area contributed by atoms with E-state index in [1.54, 1.807) is 18.2 Å². The van der Waals surface area contributed by atoms with Gasteiger partial charge in [0.2, 0.25) is 0 Å². The molecule has 106 valence electrons. The van der Waals surface area contributed by atoms with E-state index >= 15 is 0 Å². The van der Waals surface area contributed by atoms with Crippen LogP contribution in [0.1, 0.15) is 10.4 Å². The first-order valence-corrected chi connectivity index (χ1v) is 6.12. The monoisotopic (exact) mass is 302 g/mol. The highest BCUT2D eigenvalue weighted by atomic mass is 35.5. The third-order valence-corrected chi connectivity index (χ3v) is 2.89. The van der Waals surface area contributed by atoms with E-state index in [0.717, 1.165) is 12.3 Å². The molecule has 1 aromatic carbocycles. The average Bonchev–Trinajstić information content (AvgIpc) is 2.63. The van der Waals surface area contributed by atoms with Crippen LogP contribution in [0.3, 0.4) is 0 Å². The molecule has 20 heavy (non-hydrogen) atoms. The van der Waals surface area contributed by atoms with E-state index in [2.05, 4.69) is 4.99 Å². The van der Waals surface area contributed by atoms with Gasteiger partial charge >= 0.3 is 6.18 Å². The van der Waals surface area contributed by atoms with Crippen LogP contribution < -0.4 is 0 Å². The smallest absolute Gasteiger partial charge is 0.313 e. The van der Waals surface area contributed by atoms with Gasteiger partial charge in [-0.05, 0) is 24.3 Å². The summed E-state index contributed by atoms with van der Waals surface area (Å²) in [7, 11) is 0. The van der Waals surface area contributed by atoms with Crippen LogP contribution in [-0.2, 0) is 0 Å². The number of carbonyl (C=O) groups excluding carboxylic acids is 1. The fraction of sp³-hybridized carbons (Fsp3) is 0.231. The number of amides is 1. The molecule has 1 aromatic rings. The Balaban J connectivity index is 2.18. The van der Waals surface area contributed by atoms with Crippen molar-refractivity contribution in [3.05, 3.63) is 47.1 Å². The highest BCUT2D eigenvalue weighted by molar-refractivity contribution is 6.31. The lowest BCUT2D eigenvalue weighted by Crippen LogP contribution is -2.27. The number of benzene rings is 1. The molecule has 0 spiro atoms. The number of carbonyl (C=O) groups is 1. The van der Waals surface area contributed by atoms with Gasteiger partial charge in [-0.25, -0.2) is 0 Å². The predicted molar refractivity (Wildman–Crippen MR) is 70.0 cm³/mol. The SMILES string of the molecule is O=C(c1cccc(Cl)c1)N1C=CC(C(F)(F)F)=NCC1. The topological polar surface area (TPSA) is 32.7 Å². The summed E-state index contributed by atoms with van der Waals surface area (Å²) in [4.78, 5) is 16.8. The van der Waals surface area contributed by atoms with Gasteiger partial charge < -0.3 is 4.90 Å². The van der Waals surface area contributed by atoms with Crippen molar-refractivity contribution < 1.29 is 18.0 Å². The van der Waals surface area contributed by atoms with E-state index in [1.807, 2.05) is 0 Å². The van der Waals surface area contributed by atoms with Crippen molar-refractivity contribution in [2.75, 3.05) is 13.1 Å². The number of halogens is 4. The second-order valence-electron chi connectivity index (χ2n) is 4.09. The van der Waals surface area contributed by atoms with E-state index < -0.39 is 17.8 Å². The molecule has 7 heteroatoms. The molecule has 0 bridgehead atoms. The van der Waals surface area contributed by atoms with Crippen molar-refractivity contribution in [3.8, 4) is 0 Å². The van der Waals surface area contributed by atoms with E-state index in [-0.39, 0.29) is 13.1 Å². The molecule has 0 unspecified atom stereocenters. The Morgan fingerprint density at radius 2 is 2.10 bits per heavy atom. The maximum absolute atomic E-state index is 12.5. The molecule has 1 aliphatic heterocycles. The Morgan fingerprint density at radius 1 is 1.35 bits per heavy atom. The van der Waals surface area contributed by atoms with Gasteiger partial charge in [-0.2, -0.15) is 13.2 Å². The molecule has 0 aromatic heterocycles. The summed E-state index contributed by atoms with van der Waals surface area (Å²) in [5.74, 6) is -0.414. The van der Waals surface area contributed by atoms with Crippen LogP contribution >= 0.6 is 11.6 Å². The summed E-state index contributed by atoms with van der Waals surface area (Å²) in [5, 5.41) is 0.391. The second-order valence-corrected chi connectivity index (χ2v) is 4.53. The second kappa shape index (κ2) is 5.66. The van der Waals surface area contributed by atoms with E-state index in [0.29, 0.717) is 10.6 Å². The van der Waals surface area contributed by atoms with Crippen molar-refractivity contribution in [3.63, 3.8) is 0 Å². The molecule has 0 atom stereocenters. The lowest BCUT2D eigenvalue weighted by molar-refractivity contribution is -0.0578. The summed E-state index contributed by atoms with van der Waals surface area (Å²) in [6.07, 6.45) is -2.61. The van der Waals surface area contributed by atoms with Gasteiger partial charge in [-0.1, -0.05) is 17.7 Å². The van der Waals surface area contributed by atoms with Crippen LogP contribution in [0, 0.1) is 0 Å². The first-order valence-electron chi connectivity index (χ1n) is 5.74. The molecule has 0 saturated heterocycles. The minimum atomic E-state index is -4.51. The molecule has 0 fully saturated rings. The predicted octanol–water partition coefficient (Wildman–Crippen LogP) is 3.31. The summed E-state index contributed by atoms with van der Waals surface area (Å²) < 4.78 is 37.6. The largest absolute Gasteiger partial charge is 0.432 e. The van der Waals surface area contributed by atoms with Crippen LogP contribution in [0.15, 0.2) is 41.5 Å². The van der Waals surface area contributed by atoms with Crippen molar-refractivity contribution in [2.45, 2.75) is 6.18 Å². The third-order valence-electron chi connectivity index (χ3n) is 2.66. The van der Waals surface area contributed by atoms with Crippen molar-refractivity contribution >= 4 is 23.2 Å². The molecule has 1 heterocycles. The highest BCUT2D eigenvalue weighted by Gasteiger charge is 2.34. The van der Waals surface area contributed by atoms with E-state index in [9.17, 15) is 18.0 Å². The minimum Gasteiger partial charge on any atom is -0.313 e. The van der Waals surface area contributed by atoms with Gasteiger partial charge in [-0.3, -0.25) is 9.79 Å². The van der Waals surface area contributed by atoms with Gasteiger partial charge in [0, 0.05) is 23.3 Å². The van der Waals surface area contributed by atoms with Gasteiger partial charge in [0.25, 0.3) is 5.91 Å². The average molecular weight is 303 g/mol. The van der Waals surface area contributed by atoms with Gasteiger partial charge in [0.15, 0.2) is 0 Å². The zero-order valence-electron chi connectivity index (χ0n) is 10.2. The number of allylic oxidation sites excluding steroid dienone is 1. The normalized spacial score (nSPS) is 15.8. The summed E-state index contributed by atoms with van der Waals surface area (Å²) in [5.41, 5.74) is -0.670. The summed E-state index contributed by atoms with van der Waals surface area (Å²) in [6, 6.07) is 6.24. The standard InChI is InChI=1S/C13H10ClF3N2O/c14-10-3-1-2-9(8-10)12(20)19-6-4-11(13(15,16)17)18-5-7-19/h1-4,6,8H,5,7H2. The van der Waals surface area contributed by atoms with E-state index in [4.69, 9.17) is 11.6 Å². The van der Waals surface area contributed by atoms with Crippen LogP contribution in [0.2, 0.25) is 5.02 Å². The maximum atomic E-state index is 12.5. The number of hydrogen-bond acceptors (Lipinski definition) is 2. The molecule has 1 aliphatic rings. The lowest BCUT2D eigenvalue weighted by atomic mass is 10.2. The molecular weight excluding hydrogens is 293 g/mol. The Hall–Kier alpha value is -1.82. The fourth-order valence-corrected chi connectivity index (χ4v) is 1.90. The Kier molecular flexibility index (Phi) is 4.13. The molecule has 1 amide bonds. The Morgan fingerprint density at radius 3 is 2.75 bits per heavy atom. The van der Waals surface area contributed by atoms with Gasteiger partial charge in [0.1, 0.15) is 5.71 Å². The molecular formula is C13H10ClF3N2O. The third kappa shape index (κ3) is 3.39. The number of rotatable bonds is 1. The first-order chi connectivity index (χ1) is 9.38. The lowest BCUT2D eigenvalue weighted by Gasteiger charge is -2.16. The van der Waals surface area contributed by atoms with Gasteiger partial charge in [-0.15, -0.1) is 0 Å². The minimum absolute atomic E-state index is 0.0847. The van der Waals surface area contributed by atoms with Crippen LogP contribution in [0.25, 0.3) is 0 Å². The maximum Gasteiger partial charge on any atom is 0.432 e. The van der Waals surface area contributed by atoms with Crippen LogP contribution in [0.5, 0.6) is 0 Å². The highest BCUT2D eigenvalue weighted by Crippen LogP contribution is 2.20. The number of alkyl halides is 3. The fourth-order valence-electron chi connectivity index (χ4n) is 1.71. The molecule has 0 radical (unpaired) electrons. The summed E-state index contributed by atoms with van der Waals surface area (Å²) >= 11 is 5.78. The number of nitrogens with zero attached hydrogens (tertiary/aromatic N) is 2. The summed E-state index contributed by atoms with van der Waals surface area (Å²) in [6.45, 7) is -0.0183. The van der Waals surface area contributed by atoms with Crippen LogP contribution in [-0.4, -0.2) is 35.8 Å². The Bertz CT molecular complexity index is 581. The van der Waals surface area contributed by atoms with Gasteiger partial charge in [0.05, 0.1) is 6.54 Å². The molecule has 2 rings (SSSR count). The van der Waals surface area contributed by atoms with Crippen LogP contribution in [0.4, 0.5) is 13.2 Å². The number of hydrogen-bond donors (Lipinski definition) is 0. The quantitative estimate of drug-likeness (QED) is 0.783. The van der Waals surface area contributed by atoms with Crippen molar-refractivity contribution in [2.24, 2.45) is 4.99 Å². The van der Waals surface area contributed by atoms with Crippen molar-refractivity contribution in [1.82, 2.24) is 4.90 Å². The molecule has 0 aliphatic carbocycles. The Labute approximate surface area is 118 Å². The zero-order chi connectivity index (χ0) is 14.8.